The van der Waals surface area contributed by atoms with Crippen LogP contribution in [-0.2, 0) is 6.54 Å². The van der Waals surface area contributed by atoms with Crippen LogP contribution in [0.1, 0.15) is 18.4 Å². The first-order valence-corrected chi connectivity index (χ1v) is 6.59. The number of hydrogen-bond acceptors (Lipinski definition) is 5. The molecule has 0 fully saturated rings. The van der Waals surface area contributed by atoms with E-state index < -0.39 is 4.92 Å². The van der Waals surface area contributed by atoms with Gasteiger partial charge in [-0.3, -0.25) is 10.1 Å². The van der Waals surface area contributed by atoms with E-state index in [9.17, 15) is 10.1 Å². The van der Waals surface area contributed by atoms with Gasteiger partial charge in [-0.1, -0.05) is 0 Å². The fraction of sp³-hybridized carbons (Fsp3) is 0.286. The molecule has 7 heteroatoms. The predicted octanol–water partition coefficient (Wildman–Crippen LogP) is 2.56. The van der Waals surface area contributed by atoms with Gasteiger partial charge < -0.3 is 9.88 Å². The van der Waals surface area contributed by atoms with Crippen molar-refractivity contribution in [2.24, 2.45) is 0 Å². The molecule has 1 N–H and O–H groups in total. The normalized spacial score (nSPS) is 10.0. The van der Waals surface area contributed by atoms with Crippen LogP contribution in [-0.4, -0.2) is 21.0 Å². The van der Waals surface area contributed by atoms with Gasteiger partial charge in [-0.25, -0.2) is 4.98 Å². The Morgan fingerprint density at radius 1 is 1.43 bits per heavy atom. The predicted molar refractivity (Wildman–Crippen MR) is 77.8 cm³/mol. The van der Waals surface area contributed by atoms with Crippen LogP contribution < -0.4 is 5.32 Å². The minimum atomic E-state index is -0.539. The second-order valence-electron chi connectivity index (χ2n) is 4.54. The molecule has 0 radical (unpaired) electrons. The molecule has 0 aliphatic heterocycles. The maximum Gasteiger partial charge on any atom is 0.289 e. The third-order valence-corrected chi connectivity index (χ3v) is 3.05. The van der Waals surface area contributed by atoms with Crippen molar-refractivity contribution in [2.75, 3.05) is 11.9 Å². The van der Waals surface area contributed by atoms with Crippen LogP contribution in [0.15, 0.2) is 36.9 Å². The van der Waals surface area contributed by atoms with Gasteiger partial charge in [0.25, 0.3) is 5.69 Å². The van der Waals surface area contributed by atoms with Gasteiger partial charge in [-0.15, -0.1) is 0 Å². The number of aryl methyl sites for hydroxylation is 1. The number of aromatic nitrogens is 2. The Morgan fingerprint density at radius 2 is 2.29 bits per heavy atom. The van der Waals surface area contributed by atoms with Gasteiger partial charge in [0.05, 0.1) is 11.3 Å². The summed E-state index contributed by atoms with van der Waals surface area (Å²) in [7, 11) is 0. The average molecular weight is 285 g/mol. The van der Waals surface area contributed by atoms with Gasteiger partial charge in [0.1, 0.15) is 11.6 Å². The van der Waals surface area contributed by atoms with Crippen LogP contribution in [0.3, 0.4) is 0 Å². The minimum Gasteiger partial charge on any atom is -0.385 e. The summed E-state index contributed by atoms with van der Waals surface area (Å²) in [6.07, 6.45) is 7.36. The highest BCUT2D eigenvalue weighted by atomic mass is 16.6. The van der Waals surface area contributed by atoms with Crippen molar-refractivity contribution in [3.05, 3.63) is 52.6 Å². The van der Waals surface area contributed by atoms with Gasteiger partial charge >= 0.3 is 0 Å². The van der Waals surface area contributed by atoms with Gasteiger partial charge in [0, 0.05) is 37.2 Å². The van der Waals surface area contributed by atoms with E-state index in [4.69, 9.17) is 5.26 Å². The van der Waals surface area contributed by atoms with Crippen LogP contribution in [0.25, 0.3) is 0 Å². The van der Waals surface area contributed by atoms with Crippen LogP contribution in [0, 0.1) is 21.4 Å². The lowest BCUT2D eigenvalue weighted by atomic mass is 10.1. The fourth-order valence-electron chi connectivity index (χ4n) is 1.96. The third-order valence-electron chi connectivity index (χ3n) is 3.05. The lowest BCUT2D eigenvalue weighted by Crippen LogP contribution is -2.04. The zero-order valence-electron chi connectivity index (χ0n) is 11.4. The maximum atomic E-state index is 10.9. The van der Waals surface area contributed by atoms with Crippen LogP contribution in [0.5, 0.6) is 0 Å². The van der Waals surface area contributed by atoms with E-state index in [-0.39, 0.29) is 11.3 Å². The number of rotatable bonds is 7. The number of nitrogens with one attached hydrogen (secondary N) is 1. The van der Waals surface area contributed by atoms with Crippen molar-refractivity contribution in [1.82, 2.24) is 9.55 Å². The highest BCUT2D eigenvalue weighted by molar-refractivity contribution is 5.59. The molecular formula is C14H15N5O2. The molecule has 0 amide bonds. The summed E-state index contributed by atoms with van der Waals surface area (Å²) < 4.78 is 2.01. The highest BCUT2D eigenvalue weighted by Gasteiger charge is 2.13. The maximum absolute atomic E-state index is 10.9. The summed E-state index contributed by atoms with van der Waals surface area (Å²) >= 11 is 0. The summed E-state index contributed by atoms with van der Waals surface area (Å²) in [6.45, 7) is 1.62. The van der Waals surface area contributed by atoms with Gasteiger partial charge in [0.2, 0.25) is 0 Å². The molecule has 1 aromatic carbocycles. The standard InChI is InChI=1S/C14H15N5O2/c15-10-12-3-4-13(9-14(12)19(20)21)17-5-1-2-7-18-8-6-16-11-18/h3-4,6,8-9,11,17H,1-2,5,7H2. The molecule has 0 aliphatic rings. The quantitative estimate of drug-likeness (QED) is 0.479. The second kappa shape index (κ2) is 7.05. The molecule has 2 aromatic rings. The van der Waals surface area contributed by atoms with E-state index in [1.807, 2.05) is 16.8 Å². The molecule has 2 rings (SSSR count). The molecule has 0 unspecified atom stereocenters. The smallest absolute Gasteiger partial charge is 0.289 e. The van der Waals surface area contributed by atoms with Crippen molar-refractivity contribution >= 4 is 11.4 Å². The number of unbranched alkanes of at least 4 members (excludes halogenated alkanes) is 1. The lowest BCUT2D eigenvalue weighted by molar-refractivity contribution is -0.385. The van der Waals surface area contributed by atoms with E-state index >= 15 is 0 Å². The van der Waals surface area contributed by atoms with Crippen molar-refractivity contribution in [1.29, 1.82) is 5.26 Å². The summed E-state index contributed by atoms with van der Waals surface area (Å²) in [5.74, 6) is 0. The summed E-state index contributed by atoms with van der Waals surface area (Å²) in [5.41, 5.74) is 0.565. The minimum absolute atomic E-state index is 0.0747. The lowest BCUT2D eigenvalue weighted by Gasteiger charge is -2.07. The topological polar surface area (TPSA) is 96.8 Å². The Hall–Kier alpha value is -2.88. The van der Waals surface area contributed by atoms with E-state index in [2.05, 4.69) is 10.3 Å². The van der Waals surface area contributed by atoms with Gasteiger partial charge in [-0.2, -0.15) is 5.26 Å². The van der Waals surface area contributed by atoms with Gasteiger partial charge in [-0.05, 0) is 25.0 Å². The second-order valence-corrected chi connectivity index (χ2v) is 4.54. The number of nitro benzene ring substituents is 1. The Balaban J connectivity index is 1.82. The molecule has 0 aliphatic carbocycles. The Morgan fingerprint density at radius 3 is 2.95 bits per heavy atom. The average Bonchev–Trinajstić information content (AvgIpc) is 3.00. The number of nitrogens with zero attached hydrogens (tertiary/aromatic N) is 4. The summed E-state index contributed by atoms with van der Waals surface area (Å²) in [4.78, 5) is 14.3. The molecule has 7 nitrogen and oxygen atoms in total. The number of anilines is 1. The van der Waals surface area contributed by atoms with Crippen LogP contribution in [0.2, 0.25) is 0 Å². The number of benzene rings is 1. The molecule has 0 saturated heterocycles. The Labute approximate surface area is 122 Å². The largest absolute Gasteiger partial charge is 0.385 e. The van der Waals surface area contributed by atoms with E-state index in [0.717, 1.165) is 25.9 Å². The zero-order chi connectivity index (χ0) is 15.1. The monoisotopic (exact) mass is 285 g/mol. The zero-order valence-corrected chi connectivity index (χ0v) is 11.4. The first-order valence-electron chi connectivity index (χ1n) is 6.59. The molecule has 0 atom stereocenters. The van der Waals surface area contributed by atoms with Crippen molar-refractivity contribution in [3.8, 4) is 6.07 Å². The van der Waals surface area contributed by atoms with Crippen LogP contribution >= 0.6 is 0 Å². The summed E-state index contributed by atoms with van der Waals surface area (Å²) in [5, 5.41) is 22.8. The van der Waals surface area contributed by atoms with Crippen LogP contribution in [0.4, 0.5) is 11.4 Å². The first kappa shape index (κ1) is 14.5. The van der Waals surface area contributed by atoms with Gasteiger partial charge in [0.15, 0.2) is 0 Å². The Kier molecular flexibility index (Phi) is 4.88. The molecule has 108 valence electrons. The van der Waals surface area contributed by atoms with Crippen molar-refractivity contribution in [2.45, 2.75) is 19.4 Å². The van der Waals surface area contributed by atoms with Crippen molar-refractivity contribution in [3.63, 3.8) is 0 Å². The molecule has 1 heterocycles. The molecule has 0 saturated carbocycles. The number of nitriles is 1. The number of hydrogen-bond donors (Lipinski definition) is 1. The van der Waals surface area contributed by atoms with Crippen molar-refractivity contribution < 1.29 is 4.92 Å². The molecule has 21 heavy (non-hydrogen) atoms. The Bertz CT molecular complexity index is 646. The number of nitro groups is 1. The van der Waals surface area contributed by atoms with E-state index in [1.165, 1.54) is 12.1 Å². The van der Waals surface area contributed by atoms with E-state index in [0.29, 0.717) is 5.69 Å². The van der Waals surface area contributed by atoms with E-state index in [1.54, 1.807) is 18.6 Å². The highest BCUT2D eigenvalue weighted by Crippen LogP contribution is 2.22. The molecule has 0 spiro atoms. The molecule has 0 bridgehead atoms. The third kappa shape index (κ3) is 4.04. The summed E-state index contributed by atoms with van der Waals surface area (Å²) in [6, 6.07) is 6.36. The fourth-order valence-corrected chi connectivity index (χ4v) is 1.96. The molecule has 1 aromatic heterocycles. The molecular weight excluding hydrogens is 270 g/mol. The number of imidazole rings is 1. The first-order chi connectivity index (χ1) is 10.2. The SMILES string of the molecule is N#Cc1ccc(NCCCCn2ccnc2)cc1[N+](=O)[O-].